The predicted octanol–water partition coefficient (Wildman–Crippen LogP) is -0.920. The Morgan fingerprint density at radius 3 is 3.14 bits per heavy atom. The van der Waals surface area contributed by atoms with E-state index in [9.17, 15) is 4.79 Å². The second-order valence-electron chi connectivity index (χ2n) is 3.24. The highest BCUT2D eigenvalue weighted by atomic mass is 16.5. The van der Waals surface area contributed by atoms with Gasteiger partial charge in [0.2, 0.25) is 0 Å². The van der Waals surface area contributed by atoms with Crippen molar-refractivity contribution in [2.45, 2.75) is 6.10 Å². The van der Waals surface area contributed by atoms with E-state index in [-0.39, 0.29) is 12.0 Å². The first-order chi connectivity index (χ1) is 6.79. The zero-order valence-electron chi connectivity index (χ0n) is 8.78. The maximum absolute atomic E-state index is 11.7. The van der Waals surface area contributed by atoms with Crippen LogP contribution in [-0.2, 0) is 14.3 Å². The van der Waals surface area contributed by atoms with Crippen molar-refractivity contribution in [1.29, 1.82) is 0 Å². The molecule has 82 valence electrons. The molecule has 0 aromatic heterocycles. The highest BCUT2D eigenvalue weighted by molar-refractivity contribution is 5.81. The second-order valence-corrected chi connectivity index (χ2v) is 3.24. The second kappa shape index (κ2) is 5.95. The van der Waals surface area contributed by atoms with Crippen molar-refractivity contribution in [3.05, 3.63) is 0 Å². The summed E-state index contributed by atoms with van der Waals surface area (Å²) in [6.45, 7) is 3.09. The zero-order chi connectivity index (χ0) is 10.4. The lowest BCUT2D eigenvalue weighted by atomic mass is 10.2. The largest absolute Gasteiger partial charge is 0.383 e. The molecule has 1 saturated heterocycles. The van der Waals surface area contributed by atoms with Crippen molar-refractivity contribution < 1.29 is 14.3 Å². The van der Waals surface area contributed by atoms with Crippen LogP contribution in [0.25, 0.3) is 0 Å². The van der Waals surface area contributed by atoms with Crippen LogP contribution in [0.1, 0.15) is 0 Å². The third-order valence-electron chi connectivity index (χ3n) is 2.22. The van der Waals surface area contributed by atoms with Gasteiger partial charge in [0.1, 0.15) is 6.10 Å². The Kier molecular flexibility index (Phi) is 4.86. The van der Waals surface area contributed by atoms with Crippen LogP contribution in [0.4, 0.5) is 0 Å². The van der Waals surface area contributed by atoms with Gasteiger partial charge in [0.25, 0.3) is 5.91 Å². The number of nitrogens with one attached hydrogen (secondary N) is 1. The van der Waals surface area contributed by atoms with E-state index in [1.54, 1.807) is 12.0 Å². The Bertz CT molecular complexity index is 185. The molecule has 5 nitrogen and oxygen atoms in total. The predicted molar refractivity (Wildman–Crippen MR) is 52.1 cm³/mol. The van der Waals surface area contributed by atoms with E-state index >= 15 is 0 Å². The molecular weight excluding hydrogens is 184 g/mol. The Morgan fingerprint density at radius 1 is 1.71 bits per heavy atom. The number of hydrogen-bond acceptors (Lipinski definition) is 4. The molecule has 0 aromatic carbocycles. The maximum atomic E-state index is 11.7. The summed E-state index contributed by atoms with van der Waals surface area (Å²) >= 11 is 0. The molecule has 0 saturated carbocycles. The van der Waals surface area contributed by atoms with Gasteiger partial charge in [-0.1, -0.05) is 0 Å². The van der Waals surface area contributed by atoms with Crippen LogP contribution in [0, 0.1) is 0 Å². The number of carbonyl (C=O) groups excluding carboxylic acids is 1. The molecule has 0 radical (unpaired) electrons. The van der Waals surface area contributed by atoms with Crippen LogP contribution in [0.3, 0.4) is 0 Å². The molecule has 1 aliphatic heterocycles. The fourth-order valence-corrected chi connectivity index (χ4v) is 1.45. The quantitative estimate of drug-likeness (QED) is 0.626. The monoisotopic (exact) mass is 202 g/mol. The molecule has 1 heterocycles. The minimum absolute atomic E-state index is 0.0580. The summed E-state index contributed by atoms with van der Waals surface area (Å²) in [5, 5.41) is 2.94. The highest BCUT2D eigenvalue weighted by Gasteiger charge is 2.28. The van der Waals surface area contributed by atoms with Crippen LogP contribution >= 0.6 is 0 Å². The number of methoxy groups -OCH3 is 1. The Morgan fingerprint density at radius 2 is 2.50 bits per heavy atom. The molecule has 1 aliphatic rings. The van der Waals surface area contributed by atoms with Crippen molar-refractivity contribution >= 4 is 5.91 Å². The van der Waals surface area contributed by atoms with Crippen molar-refractivity contribution in [2.24, 2.45) is 0 Å². The molecule has 1 unspecified atom stereocenters. The summed E-state index contributed by atoms with van der Waals surface area (Å²) in [6.07, 6.45) is -0.328. The fraction of sp³-hybridized carbons (Fsp3) is 0.889. The lowest BCUT2D eigenvalue weighted by Crippen LogP contribution is -2.51. The molecular formula is C9H18N2O3. The summed E-state index contributed by atoms with van der Waals surface area (Å²) in [5.74, 6) is 0.0580. The van der Waals surface area contributed by atoms with Crippen molar-refractivity contribution in [3.63, 3.8) is 0 Å². The molecule has 5 heteroatoms. The first-order valence-corrected chi connectivity index (χ1v) is 4.83. The van der Waals surface area contributed by atoms with Crippen LogP contribution in [0.5, 0.6) is 0 Å². The lowest BCUT2D eigenvalue weighted by Gasteiger charge is -2.32. The molecule has 0 aliphatic carbocycles. The number of rotatable bonds is 5. The maximum Gasteiger partial charge on any atom is 0.253 e. The number of morpholine rings is 1. The number of ether oxygens (including phenoxy) is 2. The summed E-state index contributed by atoms with van der Waals surface area (Å²) < 4.78 is 10.3. The first-order valence-electron chi connectivity index (χ1n) is 4.83. The van der Waals surface area contributed by atoms with Gasteiger partial charge in [0.05, 0.1) is 13.2 Å². The minimum Gasteiger partial charge on any atom is -0.383 e. The molecule has 1 rings (SSSR count). The molecule has 1 amide bonds. The standard InChI is InChI=1S/C9H18N2O3/c1-10-7-8-9(12)11(3-5-13-2)4-6-14-8/h8,10H,3-7H2,1-2H3. The number of carbonyl (C=O) groups is 1. The Labute approximate surface area is 84.4 Å². The molecule has 1 atom stereocenters. The van der Waals surface area contributed by atoms with E-state index < -0.39 is 0 Å². The molecule has 0 aromatic rings. The van der Waals surface area contributed by atoms with Gasteiger partial charge in [-0.3, -0.25) is 4.79 Å². The van der Waals surface area contributed by atoms with E-state index in [0.29, 0.717) is 32.8 Å². The summed E-state index contributed by atoms with van der Waals surface area (Å²) in [4.78, 5) is 13.5. The van der Waals surface area contributed by atoms with Gasteiger partial charge in [-0.2, -0.15) is 0 Å². The smallest absolute Gasteiger partial charge is 0.253 e. The van der Waals surface area contributed by atoms with Gasteiger partial charge in [-0.05, 0) is 7.05 Å². The van der Waals surface area contributed by atoms with Gasteiger partial charge in [0, 0.05) is 26.7 Å². The van der Waals surface area contributed by atoms with E-state index in [4.69, 9.17) is 9.47 Å². The third-order valence-corrected chi connectivity index (χ3v) is 2.22. The molecule has 0 spiro atoms. The van der Waals surface area contributed by atoms with E-state index in [2.05, 4.69) is 5.32 Å². The van der Waals surface area contributed by atoms with Crippen LogP contribution in [0.2, 0.25) is 0 Å². The number of nitrogens with zero attached hydrogens (tertiary/aromatic N) is 1. The third kappa shape index (κ3) is 2.94. The van der Waals surface area contributed by atoms with Crippen molar-refractivity contribution in [1.82, 2.24) is 10.2 Å². The molecule has 1 N–H and O–H groups in total. The van der Waals surface area contributed by atoms with E-state index in [1.807, 2.05) is 7.05 Å². The van der Waals surface area contributed by atoms with Gasteiger partial charge in [0.15, 0.2) is 0 Å². The van der Waals surface area contributed by atoms with E-state index in [1.165, 1.54) is 0 Å². The Balaban J connectivity index is 2.40. The van der Waals surface area contributed by atoms with Gasteiger partial charge in [-0.15, -0.1) is 0 Å². The first kappa shape index (κ1) is 11.4. The van der Waals surface area contributed by atoms with Crippen LogP contribution in [0.15, 0.2) is 0 Å². The SMILES string of the molecule is CNCC1OCCN(CCOC)C1=O. The summed E-state index contributed by atoms with van der Waals surface area (Å²) in [5.41, 5.74) is 0. The Hall–Kier alpha value is -0.650. The van der Waals surface area contributed by atoms with Crippen molar-refractivity contribution in [2.75, 3.05) is 47.0 Å². The highest BCUT2D eigenvalue weighted by Crippen LogP contribution is 2.05. The topological polar surface area (TPSA) is 50.8 Å². The van der Waals surface area contributed by atoms with Gasteiger partial charge >= 0.3 is 0 Å². The summed E-state index contributed by atoms with van der Waals surface area (Å²) in [6, 6.07) is 0. The average Bonchev–Trinajstić information content (AvgIpc) is 2.20. The van der Waals surface area contributed by atoms with Gasteiger partial charge in [-0.25, -0.2) is 0 Å². The molecule has 14 heavy (non-hydrogen) atoms. The van der Waals surface area contributed by atoms with Crippen LogP contribution < -0.4 is 5.32 Å². The van der Waals surface area contributed by atoms with Crippen molar-refractivity contribution in [3.8, 4) is 0 Å². The lowest BCUT2D eigenvalue weighted by molar-refractivity contribution is -0.153. The molecule has 0 bridgehead atoms. The number of likely N-dealkylation sites (N-methyl/N-ethyl adjacent to an activating group) is 1. The molecule has 1 fully saturated rings. The number of amides is 1. The minimum atomic E-state index is -0.328. The summed E-state index contributed by atoms with van der Waals surface area (Å²) in [7, 11) is 3.45. The fourth-order valence-electron chi connectivity index (χ4n) is 1.45. The van der Waals surface area contributed by atoms with Gasteiger partial charge < -0.3 is 19.7 Å². The normalized spacial score (nSPS) is 22.9. The van der Waals surface area contributed by atoms with Crippen LogP contribution in [-0.4, -0.2) is 63.9 Å². The number of hydrogen-bond donors (Lipinski definition) is 1. The van der Waals surface area contributed by atoms with E-state index in [0.717, 1.165) is 0 Å². The average molecular weight is 202 g/mol. The zero-order valence-corrected chi connectivity index (χ0v) is 8.78.